The standard InChI is InChI=1S/C23H29N3OS/c1-6-26-21(15-27-20-12-10-19(11-13-20)23(3,4)5)24-25-22(26)28-16-18-9-7-8-17(2)14-18/h7-14H,6,15-16H2,1-5H3. The molecule has 0 aliphatic carbocycles. The molecule has 4 nitrogen and oxygen atoms in total. The van der Waals surface area contributed by atoms with E-state index in [1.807, 2.05) is 12.1 Å². The molecule has 0 amide bonds. The Kier molecular flexibility index (Phi) is 6.45. The molecule has 0 aliphatic rings. The number of thioether (sulfide) groups is 1. The van der Waals surface area contributed by atoms with Gasteiger partial charge in [0.05, 0.1) is 0 Å². The molecule has 0 unspecified atom stereocenters. The molecule has 5 heteroatoms. The zero-order valence-corrected chi connectivity index (χ0v) is 18.2. The minimum absolute atomic E-state index is 0.143. The first-order valence-corrected chi connectivity index (χ1v) is 10.7. The molecule has 1 aromatic heterocycles. The molecule has 0 radical (unpaired) electrons. The van der Waals surface area contributed by atoms with Crippen molar-refractivity contribution < 1.29 is 4.74 Å². The number of nitrogens with zero attached hydrogens (tertiary/aromatic N) is 3. The van der Waals surface area contributed by atoms with Gasteiger partial charge in [0.1, 0.15) is 12.4 Å². The maximum Gasteiger partial charge on any atom is 0.191 e. The number of hydrogen-bond acceptors (Lipinski definition) is 4. The van der Waals surface area contributed by atoms with Crippen molar-refractivity contribution in [2.75, 3.05) is 0 Å². The van der Waals surface area contributed by atoms with Crippen LogP contribution in [0.5, 0.6) is 5.75 Å². The molecular formula is C23H29N3OS. The van der Waals surface area contributed by atoms with Crippen LogP contribution in [0.15, 0.2) is 53.7 Å². The fourth-order valence-electron chi connectivity index (χ4n) is 3.00. The van der Waals surface area contributed by atoms with E-state index < -0.39 is 0 Å². The first-order valence-electron chi connectivity index (χ1n) is 9.70. The molecule has 0 N–H and O–H groups in total. The molecule has 148 valence electrons. The minimum atomic E-state index is 0.143. The van der Waals surface area contributed by atoms with E-state index in [1.54, 1.807) is 11.8 Å². The predicted molar refractivity (Wildman–Crippen MR) is 116 cm³/mol. The Morgan fingerprint density at radius 1 is 1.04 bits per heavy atom. The van der Waals surface area contributed by atoms with Crippen molar-refractivity contribution >= 4 is 11.8 Å². The Morgan fingerprint density at radius 3 is 2.43 bits per heavy atom. The number of aromatic nitrogens is 3. The van der Waals surface area contributed by atoms with Crippen molar-refractivity contribution in [3.8, 4) is 5.75 Å². The average Bonchev–Trinajstić information content (AvgIpc) is 3.06. The lowest BCUT2D eigenvalue weighted by molar-refractivity contribution is 0.288. The lowest BCUT2D eigenvalue weighted by Gasteiger charge is -2.19. The predicted octanol–water partition coefficient (Wildman–Crippen LogP) is 5.78. The second kappa shape index (κ2) is 8.82. The van der Waals surface area contributed by atoms with Crippen LogP contribution in [-0.2, 0) is 24.3 Å². The molecule has 2 aromatic carbocycles. The van der Waals surface area contributed by atoms with Gasteiger partial charge in [-0.3, -0.25) is 0 Å². The van der Waals surface area contributed by atoms with E-state index in [2.05, 4.69) is 85.8 Å². The Balaban J connectivity index is 1.63. The van der Waals surface area contributed by atoms with Gasteiger partial charge >= 0.3 is 0 Å². The van der Waals surface area contributed by atoms with Crippen molar-refractivity contribution in [2.24, 2.45) is 0 Å². The van der Waals surface area contributed by atoms with E-state index in [-0.39, 0.29) is 5.41 Å². The molecule has 0 aliphatic heterocycles. The molecule has 0 saturated carbocycles. The average molecular weight is 396 g/mol. The molecule has 3 rings (SSSR count). The van der Waals surface area contributed by atoms with Crippen LogP contribution in [0.25, 0.3) is 0 Å². The summed E-state index contributed by atoms with van der Waals surface area (Å²) < 4.78 is 8.09. The molecule has 0 saturated heterocycles. The summed E-state index contributed by atoms with van der Waals surface area (Å²) in [6, 6.07) is 16.9. The third kappa shape index (κ3) is 5.16. The highest BCUT2D eigenvalue weighted by Gasteiger charge is 2.14. The van der Waals surface area contributed by atoms with Crippen LogP contribution < -0.4 is 4.74 Å². The molecule has 0 spiro atoms. The van der Waals surface area contributed by atoms with Gasteiger partial charge in [0.25, 0.3) is 0 Å². The van der Waals surface area contributed by atoms with E-state index in [0.717, 1.165) is 29.0 Å². The fourth-order valence-corrected chi connectivity index (χ4v) is 3.96. The van der Waals surface area contributed by atoms with Crippen LogP contribution in [-0.4, -0.2) is 14.8 Å². The van der Waals surface area contributed by atoms with Gasteiger partial charge in [0.2, 0.25) is 0 Å². The highest BCUT2D eigenvalue weighted by Crippen LogP contribution is 2.25. The molecule has 1 heterocycles. The Hall–Kier alpha value is -2.27. The Bertz CT molecular complexity index is 910. The summed E-state index contributed by atoms with van der Waals surface area (Å²) in [6.07, 6.45) is 0. The molecule has 28 heavy (non-hydrogen) atoms. The summed E-state index contributed by atoms with van der Waals surface area (Å²) in [7, 11) is 0. The summed E-state index contributed by atoms with van der Waals surface area (Å²) in [5.74, 6) is 2.59. The van der Waals surface area contributed by atoms with Crippen molar-refractivity contribution in [1.82, 2.24) is 14.8 Å². The number of hydrogen-bond donors (Lipinski definition) is 0. The number of rotatable bonds is 7. The van der Waals surface area contributed by atoms with Crippen LogP contribution >= 0.6 is 11.8 Å². The first kappa shape index (κ1) is 20.5. The van der Waals surface area contributed by atoms with E-state index >= 15 is 0 Å². The fraction of sp³-hybridized carbons (Fsp3) is 0.391. The van der Waals surface area contributed by atoms with Crippen LogP contribution in [0.3, 0.4) is 0 Å². The zero-order chi connectivity index (χ0) is 20.1. The van der Waals surface area contributed by atoms with Crippen LogP contribution in [0.1, 0.15) is 50.2 Å². The third-order valence-electron chi connectivity index (χ3n) is 4.65. The van der Waals surface area contributed by atoms with E-state index in [4.69, 9.17) is 4.74 Å². The smallest absolute Gasteiger partial charge is 0.191 e. The van der Waals surface area contributed by atoms with Crippen molar-refractivity contribution in [2.45, 2.75) is 64.1 Å². The number of ether oxygens (including phenoxy) is 1. The zero-order valence-electron chi connectivity index (χ0n) is 17.4. The highest BCUT2D eigenvalue weighted by atomic mass is 32.2. The van der Waals surface area contributed by atoms with Crippen LogP contribution in [0, 0.1) is 6.92 Å². The number of benzene rings is 2. The van der Waals surface area contributed by atoms with Gasteiger partial charge in [-0.25, -0.2) is 0 Å². The van der Waals surface area contributed by atoms with Gasteiger partial charge in [-0.1, -0.05) is 74.5 Å². The van der Waals surface area contributed by atoms with Gasteiger partial charge in [0, 0.05) is 12.3 Å². The third-order valence-corrected chi connectivity index (χ3v) is 5.69. The molecule has 3 aromatic rings. The first-order chi connectivity index (χ1) is 13.4. The maximum atomic E-state index is 5.96. The monoisotopic (exact) mass is 395 g/mol. The van der Waals surface area contributed by atoms with Gasteiger partial charge in [-0.2, -0.15) is 0 Å². The lowest BCUT2D eigenvalue weighted by atomic mass is 9.87. The van der Waals surface area contributed by atoms with Gasteiger partial charge in [-0.05, 0) is 42.5 Å². The topological polar surface area (TPSA) is 39.9 Å². The van der Waals surface area contributed by atoms with E-state index in [9.17, 15) is 0 Å². The molecule has 0 bridgehead atoms. The second-order valence-electron chi connectivity index (χ2n) is 7.98. The minimum Gasteiger partial charge on any atom is -0.486 e. The van der Waals surface area contributed by atoms with Crippen molar-refractivity contribution in [3.63, 3.8) is 0 Å². The van der Waals surface area contributed by atoms with Crippen LogP contribution in [0.2, 0.25) is 0 Å². The largest absolute Gasteiger partial charge is 0.486 e. The summed E-state index contributed by atoms with van der Waals surface area (Å²) in [5, 5.41) is 9.67. The SMILES string of the molecule is CCn1c(COc2ccc(C(C)(C)C)cc2)nnc1SCc1cccc(C)c1. The number of aryl methyl sites for hydroxylation is 1. The van der Waals surface area contributed by atoms with Gasteiger partial charge < -0.3 is 9.30 Å². The van der Waals surface area contributed by atoms with Gasteiger partial charge in [-0.15, -0.1) is 10.2 Å². The summed E-state index contributed by atoms with van der Waals surface area (Å²) in [5.41, 5.74) is 4.02. The molecular weight excluding hydrogens is 366 g/mol. The van der Waals surface area contributed by atoms with Crippen molar-refractivity contribution in [1.29, 1.82) is 0 Å². The Morgan fingerprint density at radius 2 is 1.79 bits per heavy atom. The van der Waals surface area contributed by atoms with E-state index in [0.29, 0.717) is 6.61 Å². The normalized spacial score (nSPS) is 11.6. The van der Waals surface area contributed by atoms with Gasteiger partial charge in [0.15, 0.2) is 11.0 Å². The maximum absolute atomic E-state index is 5.96. The summed E-state index contributed by atoms with van der Waals surface area (Å²) in [4.78, 5) is 0. The van der Waals surface area contributed by atoms with E-state index in [1.165, 1.54) is 16.7 Å². The van der Waals surface area contributed by atoms with Crippen molar-refractivity contribution in [3.05, 3.63) is 71.0 Å². The second-order valence-corrected chi connectivity index (χ2v) is 8.93. The summed E-state index contributed by atoms with van der Waals surface area (Å²) >= 11 is 1.71. The highest BCUT2D eigenvalue weighted by molar-refractivity contribution is 7.98. The Labute approximate surface area is 172 Å². The molecule has 0 fully saturated rings. The molecule has 0 atom stereocenters. The lowest BCUT2D eigenvalue weighted by Crippen LogP contribution is -2.11. The quantitative estimate of drug-likeness (QED) is 0.476. The summed E-state index contributed by atoms with van der Waals surface area (Å²) in [6.45, 7) is 12.1. The van der Waals surface area contributed by atoms with Crippen LogP contribution in [0.4, 0.5) is 0 Å².